The monoisotopic (exact) mass is 419 g/mol. The van der Waals surface area contributed by atoms with E-state index in [9.17, 15) is 18.0 Å². The van der Waals surface area contributed by atoms with Crippen molar-refractivity contribution in [2.24, 2.45) is 0 Å². The number of benzene rings is 2. The quantitative estimate of drug-likeness (QED) is 0.399. The third-order valence-electron chi connectivity index (χ3n) is 4.45. The molecule has 0 aliphatic carbocycles. The number of thioether (sulfide) groups is 1. The minimum absolute atomic E-state index is 0.136. The number of likely N-dealkylation sites (N-methyl/N-ethyl adjacent to an activating group) is 1. The van der Waals surface area contributed by atoms with Crippen molar-refractivity contribution in [3.05, 3.63) is 66.0 Å². The van der Waals surface area contributed by atoms with E-state index in [0.29, 0.717) is 24.0 Å². The van der Waals surface area contributed by atoms with Crippen LogP contribution in [0.5, 0.6) is 0 Å². The molecule has 1 unspecified atom stereocenters. The summed E-state index contributed by atoms with van der Waals surface area (Å²) in [6.07, 6.45) is -4.68. The van der Waals surface area contributed by atoms with Crippen LogP contribution in [0.1, 0.15) is 30.5 Å². The standard InChI is InChI=1S/C21H20F3N3OS/c1-3-27(4-2)19(28)17(14-10-6-5-7-11-14)29-18-15-12-8-9-13-16(15)25-20(26-18)21(22,23)24/h5-13,17H,3-4H2,1-2H3. The van der Waals surface area contributed by atoms with Gasteiger partial charge in [0.2, 0.25) is 11.7 Å². The van der Waals surface area contributed by atoms with Crippen LogP contribution in [0.3, 0.4) is 0 Å². The van der Waals surface area contributed by atoms with Crippen molar-refractivity contribution in [1.29, 1.82) is 0 Å². The van der Waals surface area contributed by atoms with Gasteiger partial charge in [-0.3, -0.25) is 4.79 Å². The Kier molecular flexibility index (Phi) is 6.42. The Morgan fingerprint density at radius 3 is 2.24 bits per heavy atom. The average molecular weight is 419 g/mol. The van der Waals surface area contributed by atoms with Gasteiger partial charge in [-0.15, -0.1) is 0 Å². The van der Waals surface area contributed by atoms with E-state index in [1.54, 1.807) is 47.4 Å². The van der Waals surface area contributed by atoms with Crippen LogP contribution in [-0.2, 0) is 11.0 Å². The molecule has 0 spiro atoms. The SMILES string of the molecule is CCN(CC)C(=O)C(Sc1nc(C(F)(F)F)nc2ccccc12)c1ccccc1. The molecule has 0 radical (unpaired) electrons. The van der Waals surface area contributed by atoms with Crippen molar-refractivity contribution >= 4 is 28.6 Å². The molecular weight excluding hydrogens is 399 g/mol. The molecule has 8 heteroatoms. The molecule has 1 atom stereocenters. The highest BCUT2D eigenvalue weighted by molar-refractivity contribution is 8.00. The molecule has 2 aromatic carbocycles. The predicted octanol–water partition coefficient (Wildman–Crippen LogP) is 5.35. The number of nitrogens with zero attached hydrogens (tertiary/aromatic N) is 3. The molecular formula is C21H20F3N3OS. The van der Waals surface area contributed by atoms with Gasteiger partial charge in [-0.05, 0) is 25.5 Å². The van der Waals surface area contributed by atoms with Crippen molar-refractivity contribution in [3.63, 3.8) is 0 Å². The fraction of sp³-hybridized carbons (Fsp3) is 0.286. The first-order valence-corrected chi connectivity index (χ1v) is 10.1. The van der Waals surface area contributed by atoms with E-state index >= 15 is 0 Å². The minimum Gasteiger partial charge on any atom is -0.342 e. The Hall–Kier alpha value is -2.61. The van der Waals surface area contributed by atoms with Gasteiger partial charge in [-0.1, -0.05) is 60.3 Å². The van der Waals surface area contributed by atoms with E-state index in [-0.39, 0.29) is 16.4 Å². The second kappa shape index (κ2) is 8.82. The van der Waals surface area contributed by atoms with Crippen molar-refractivity contribution < 1.29 is 18.0 Å². The summed E-state index contributed by atoms with van der Waals surface area (Å²) in [5, 5.41) is -0.0912. The topological polar surface area (TPSA) is 46.1 Å². The zero-order valence-corrected chi connectivity index (χ0v) is 16.8. The molecule has 3 aromatic rings. The summed E-state index contributed by atoms with van der Waals surface area (Å²) in [6.45, 7) is 4.76. The molecule has 1 heterocycles. The molecule has 1 aromatic heterocycles. The third kappa shape index (κ3) is 4.70. The lowest BCUT2D eigenvalue weighted by molar-refractivity contribution is -0.145. The number of carbonyl (C=O) groups is 1. The molecule has 1 amide bonds. The van der Waals surface area contributed by atoms with Crippen LogP contribution in [-0.4, -0.2) is 33.9 Å². The summed E-state index contributed by atoms with van der Waals surface area (Å²) >= 11 is 1.03. The Morgan fingerprint density at radius 2 is 1.62 bits per heavy atom. The molecule has 0 saturated carbocycles. The number of fused-ring (bicyclic) bond motifs is 1. The minimum atomic E-state index is -4.68. The fourth-order valence-corrected chi connectivity index (χ4v) is 4.17. The Bertz CT molecular complexity index is 991. The van der Waals surface area contributed by atoms with Crippen molar-refractivity contribution in [3.8, 4) is 0 Å². The van der Waals surface area contributed by atoms with E-state index in [2.05, 4.69) is 9.97 Å². The van der Waals surface area contributed by atoms with Gasteiger partial charge in [0.05, 0.1) is 5.52 Å². The molecule has 0 bridgehead atoms. The Balaban J connectivity index is 2.12. The molecule has 0 aliphatic rings. The highest BCUT2D eigenvalue weighted by atomic mass is 32.2. The number of hydrogen-bond acceptors (Lipinski definition) is 4. The van der Waals surface area contributed by atoms with Gasteiger partial charge < -0.3 is 4.90 Å². The van der Waals surface area contributed by atoms with Crippen LogP contribution in [0.2, 0.25) is 0 Å². The number of rotatable bonds is 6. The third-order valence-corrected chi connectivity index (χ3v) is 5.70. The van der Waals surface area contributed by atoms with Gasteiger partial charge in [0.25, 0.3) is 0 Å². The fourth-order valence-electron chi connectivity index (χ4n) is 2.97. The van der Waals surface area contributed by atoms with Crippen molar-refractivity contribution in [1.82, 2.24) is 14.9 Å². The summed E-state index contributed by atoms with van der Waals surface area (Å²) in [5.41, 5.74) is 0.907. The maximum Gasteiger partial charge on any atom is 0.451 e. The molecule has 4 nitrogen and oxygen atoms in total. The maximum atomic E-state index is 13.3. The van der Waals surface area contributed by atoms with Crippen LogP contribution in [0.4, 0.5) is 13.2 Å². The average Bonchev–Trinajstić information content (AvgIpc) is 2.72. The normalized spacial score (nSPS) is 12.7. The van der Waals surface area contributed by atoms with Gasteiger partial charge in [0.15, 0.2) is 0 Å². The highest BCUT2D eigenvalue weighted by Crippen LogP contribution is 2.40. The van der Waals surface area contributed by atoms with E-state index in [1.807, 2.05) is 19.9 Å². The number of halogens is 3. The molecule has 29 heavy (non-hydrogen) atoms. The van der Waals surface area contributed by atoms with Crippen LogP contribution < -0.4 is 0 Å². The highest BCUT2D eigenvalue weighted by Gasteiger charge is 2.36. The lowest BCUT2D eigenvalue weighted by Gasteiger charge is -2.25. The molecule has 0 aliphatic heterocycles. The second-order valence-corrected chi connectivity index (χ2v) is 7.38. The van der Waals surface area contributed by atoms with Crippen molar-refractivity contribution in [2.45, 2.75) is 30.3 Å². The van der Waals surface area contributed by atoms with E-state index in [0.717, 1.165) is 11.8 Å². The Morgan fingerprint density at radius 1 is 1.00 bits per heavy atom. The maximum absolute atomic E-state index is 13.3. The summed E-state index contributed by atoms with van der Waals surface area (Å²) in [6, 6.07) is 15.6. The first-order valence-electron chi connectivity index (χ1n) is 9.19. The Labute approximate surface area is 171 Å². The summed E-state index contributed by atoms with van der Waals surface area (Å²) < 4.78 is 40.0. The number of aromatic nitrogens is 2. The van der Waals surface area contributed by atoms with Gasteiger partial charge in [0.1, 0.15) is 10.3 Å². The summed E-state index contributed by atoms with van der Waals surface area (Å²) in [4.78, 5) is 22.3. The first kappa shape index (κ1) is 21.1. The van der Waals surface area contributed by atoms with Gasteiger partial charge >= 0.3 is 6.18 Å². The smallest absolute Gasteiger partial charge is 0.342 e. The molecule has 0 saturated heterocycles. The lowest BCUT2D eigenvalue weighted by Crippen LogP contribution is -2.33. The molecule has 3 rings (SSSR count). The van der Waals surface area contributed by atoms with Gasteiger partial charge in [-0.2, -0.15) is 13.2 Å². The van der Waals surface area contributed by atoms with E-state index < -0.39 is 17.3 Å². The van der Waals surface area contributed by atoms with Gasteiger partial charge in [-0.25, -0.2) is 9.97 Å². The number of amides is 1. The molecule has 0 N–H and O–H groups in total. The number of carbonyl (C=O) groups excluding carboxylic acids is 1. The lowest BCUT2D eigenvalue weighted by atomic mass is 10.1. The second-order valence-electron chi connectivity index (χ2n) is 6.29. The first-order chi connectivity index (χ1) is 13.8. The van der Waals surface area contributed by atoms with Crippen LogP contribution in [0, 0.1) is 0 Å². The van der Waals surface area contributed by atoms with Crippen molar-refractivity contribution in [2.75, 3.05) is 13.1 Å². The molecule has 152 valence electrons. The predicted molar refractivity (Wildman–Crippen MR) is 108 cm³/mol. The summed E-state index contributed by atoms with van der Waals surface area (Å²) in [5.74, 6) is -1.37. The molecule has 0 fully saturated rings. The largest absolute Gasteiger partial charge is 0.451 e. The van der Waals surface area contributed by atoms with Crippen LogP contribution >= 0.6 is 11.8 Å². The number of alkyl halides is 3. The summed E-state index contributed by atoms with van der Waals surface area (Å²) in [7, 11) is 0. The number of hydrogen-bond donors (Lipinski definition) is 0. The zero-order chi connectivity index (χ0) is 21.0. The van der Waals surface area contributed by atoms with E-state index in [4.69, 9.17) is 0 Å². The zero-order valence-electron chi connectivity index (χ0n) is 16.0. The van der Waals surface area contributed by atoms with Crippen LogP contribution in [0.15, 0.2) is 59.6 Å². The van der Waals surface area contributed by atoms with E-state index in [1.165, 1.54) is 6.07 Å². The van der Waals surface area contributed by atoms with Gasteiger partial charge in [0, 0.05) is 18.5 Å². The van der Waals surface area contributed by atoms with Crippen LogP contribution in [0.25, 0.3) is 10.9 Å². The number of para-hydroxylation sites is 1.